The number of thiophene rings is 1. The van der Waals surface area contributed by atoms with E-state index in [1.54, 1.807) is 17.5 Å². The molecule has 2 heterocycles. The Morgan fingerprint density at radius 2 is 2.32 bits per heavy atom. The van der Waals surface area contributed by atoms with Gasteiger partial charge in [-0.25, -0.2) is 0 Å². The highest BCUT2D eigenvalue weighted by atomic mass is 32.1. The van der Waals surface area contributed by atoms with E-state index in [0.717, 1.165) is 5.69 Å². The Labute approximate surface area is 116 Å². The number of nitrogens with zero attached hydrogens (tertiary/aromatic N) is 2. The van der Waals surface area contributed by atoms with E-state index < -0.39 is 6.10 Å². The number of ether oxygens (including phenoxy) is 1. The summed E-state index contributed by atoms with van der Waals surface area (Å²) in [6.45, 7) is 1.95. The van der Waals surface area contributed by atoms with E-state index in [9.17, 15) is 5.11 Å². The minimum Gasteiger partial charge on any atom is -0.389 e. The lowest BCUT2D eigenvalue weighted by Gasteiger charge is -2.11. The highest BCUT2D eigenvalue weighted by Gasteiger charge is 2.04. The maximum absolute atomic E-state index is 9.74. The molecule has 1 unspecified atom stereocenters. The highest BCUT2D eigenvalue weighted by molar-refractivity contribution is 7.09. The van der Waals surface area contributed by atoms with Crippen molar-refractivity contribution in [3.8, 4) is 0 Å². The molecule has 5 nitrogen and oxygen atoms in total. The quantitative estimate of drug-likeness (QED) is 0.760. The van der Waals surface area contributed by atoms with Crippen LogP contribution in [0.5, 0.6) is 0 Å². The smallest absolute Gasteiger partial charge is 0.0897 e. The summed E-state index contributed by atoms with van der Waals surface area (Å²) in [6, 6.07) is 7.73. The zero-order chi connectivity index (χ0) is 13.3. The van der Waals surface area contributed by atoms with Crippen molar-refractivity contribution >= 4 is 11.3 Å². The summed E-state index contributed by atoms with van der Waals surface area (Å²) in [4.78, 5) is 1.17. The van der Waals surface area contributed by atoms with Crippen molar-refractivity contribution in [3.05, 3.63) is 46.4 Å². The normalized spacial score (nSPS) is 12.5. The van der Waals surface area contributed by atoms with Gasteiger partial charge in [-0.15, -0.1) is 11.3 Å². The van der Waals surface area contributed by atoms with Gasteiger partial charge in [0.25, 0.3) is 0 Å². The molecule has 102 valence electrons. The molecule has 0 fully saturated rings. The fourth-order valence-electron chi connectivity index (χ4n) is 1.54. The second-order valence-electron chi connectivity index (χ2n) is 4.09. The molecule has 2 rings (SSSR count). The molecular weight excluding hydrogens is 262 g/mol. The van der Waals surface area contributed by atoms with Crippen LogP contribution in [0.1, 0.15) is 10.6 Å². The first-order valence-electron chi connectivity index (χ1n) is 6.10. The number of nitrogens with one attached hydrogen (secondary N) is 1. The third kappa shape index (κ3) is 5.44. The average Bonchev–Trinajstić information content (AvgIpc) is 2.93. The van der Waals surface area contributed by atoms with Gasteiger partial charge in [0.1, 0.15) is 0 Å². The number of rotatable bonds is 8. The van der Waals surface area contributed by atoms with Crippen LogP contribution in [0.25, 0.3) is 0 Å². The van der Waals surface area contributed by atoms with Gasteiger partial charge in [0, 0.05) is 24.2 Å². The third-order valence-electron chi connectivity index (χ3n) is 2.45. The highest BCUT2D eigenvalue weighted by Crippen LogP contribution is 2.09. The third-order valence-corrected chi connectivity index (χ3v) is 3.30. The number of aliphatic hydroxyl groups excluding tert-OH is 1. The molecule has 0 saturated heterocycles. The van der Waals surface area contributed by atoms with Gasteiger partial charge < -0.3 is 15.2 Å². The molecule has 19 heavy (non-hydrogen) atoms. The molecule has 0 aliphatic carbocycles. The minimum absolute atomic E-state index is 0.325. The summed E-state index contributed by atoms with van der Waals surface area (Å²) in [6.07, 6.45) is 1.12. The lowest BCUT2D eigenvalue weighted by atomic mass is 10.3. The Morgan fingerprint density at radius 1 is 1.37 bits per heavy atom. The van der Waals surface area contributed by atoms with Crippen LogP contribution in [-0.2, 0) is 17.9 Å². The van der Waals surface area contributed by atoms with Crippen LogP contribution < -0.4 is 5.32 Å². The molecule has 0 bridgehead atoms. The standard InChI is InChI=1S/C13H17N3O2S/c17-12(9-18-10-13-4-2-6-19-13)8-14-7-11-3-1-5-15-16-11/h1-6,12,14,17H,7-10H2. The predicted octanol–water partition coefficient (Wildman–Crippen LogP) is 1.21. The Kier molecular flexibility index (Phi) is 5.90. The number of hydrogen-bond acceptors (Lipinski definition) is 6. The van der Waals surface area contributed by atoms with Gasteiger partial charge in [0.05, 0.1) is 25.0 Å². The first-order valence-corrected chi connectivity index (χ1v) is 6.98. The van der Waals surface area contributed by atoms with Crippen LogP contribution in [0.15, 0.2) is 35.8 Å². The Hall–Kier alpha value is -1.34. The van der Waals surface area contributed by atoms with E-state index >= 15 is 0 Å². The average molecular weight is 279 g/mol. The van der Waals surface area contributed by atoms with Crippen molar-refractivity contribution < 1.29 is 9.84 Å². The summed E-state index contributed by atoms with van der Waals surface area (Å²) >= 11 is 1.65. The Morgan fingerprint density at radius 3 is 3.05 bits per heavy atom. The van der Waals surface area contributed by atoms with E-state index in [-0.39, 0.29) is 0 Å². The second kappa shape index (κ2) is 7.96. The Balaban J connectivity index is 1.56. The molecule has 0 aliphatic rings. The zero-order valence-corrected chi connectivity index (χ0v) is 11.3. The van der Waals surface area contributed by atoms with Crippen molar-refractivity contribution in [2.24, 2.45) is 0 Å². The molecule has 0 saturated carbocycles. The van der Waals surface area contributed by atoms with E-state index in [0.29, 0.717) is 26.3 Å². The van der Waals surface area contributed by atoms with Crippen LogP contribution >= 0.6 is 11.3 Å². The minimum atomic E-state index is -0.517. The molecule has 6 heteroatoms. The van der Waals surface area contributed by atoms with Crippen LogP contribution in [0, 0.1) is 0 Å². The van der Waals surface area contributed by atoms with Crippen molar-refractivity contribution in [1.29, 1.82) is 0 Å². The molecule has 2 aromatic rings. The molecule has 2 N–H and O–H groups in total. The largest absolute Gasteiger partial charge is 0.389 e. The van der Waals surface area contributed by atoms with Crippen LogP contribution in [-0.4, -0.2) is 34.6 Å². The molecule has 0 radical (unpaired) electrons. The van der Waals surface area contributed by atoms with Crippen molar-refractivity contribution in [2.75, 3.05) is 13.2 Å². The topological polar surface area (TPSA) is 67.3 Å². The number of aliphatic hydroxyl groups is 1. The number of hydrogen-bond donors (Lipinski definition) is 2. The van der Waals surface area contributed by atoms with Gasteiger partial charge in [0.2, 0.25) is 0 Å². The lowest BCUT2D eigenvalue weighted by molar-refractivity contribution is 0.0297. The van der Waals surface area contributed by atoms with E-state index in [1.165, 1.54) is 4.88 Å². The zero-order valence-electron chi connectivity index (χ0n) is 10.5. The summed E-state index contributed by atoms with van der Waals surface area (Å²) in [5.74, 6) is 0. The fraction of sp³-hybridized carbons (Fsp3) is 0.385. The van der Waals surface area contributed by atoms with E-state index in [1.807, 2.05) is 29.6 Å². The molecule has 0 aromatic carbocycles. The first-order chi connectivity index (χ1) is 9.34. The van der Waals surface area contributed by atoms with E-state index in [4.69, 9.17) is 4.74 Å². The second-order valence-corrected chi connectivity index (χ2v) is 5.13. The summed E-state index contributed by atoms with van der Waals surface area (Å²) in [7, 11) is 0. The van der Waals surface area contributed by atoms with Gasteiger partial charge in [-0.05, 0) is 23.6 Å². The van der Waals surface area contributed by atoms with Gasteiger partial charge in [0.15, 0.2) is 0 Å². The monoisotopic (exact) mass is 279 g/mol. The maximum Gasteiger partial charge on any atom is 0.0897 e. The Bertz CT molecular complexity index is 450. The van der Waals surface area contributed by atoms with Crippen LogP contribution in [0.4, 0.5) is 0 Å². The van der Waals surface area contributed by atoms with E-state index in [2.05, 4.69) is 15.5 Å². The first kappa shape index (κ1) is 14.1. The molecule has 1 atom stereocenters. The summed E-state index contributed by atoms with van der Waals surface area (Å²) < 4.78 is 5.44. The fourth-order valence-corrected chi connectivity index (χ4v) is 2.18. The lowest BCUT2D eigenvalue weighted by Crippen LogP contribution is -2.30. The molecule has 0 aliphatic heterocycles. The summed E-state index contributed by atoms with van der Waals surface area (Å²) in [5.41, 5.74) is 0.856. The van der Waals surface area contributed by atoms with Crippen molar-refractivity contribution in [3.63, 3.8) is 0 Å². The molecule has 2 aromatic heterocycles. The summed E-state index contributed by atoms with van der Waals surface area (Å²) in [5, 5.41) is 22.6. The maximum atomic E-state index is 9.74. The van der Waals surface area contributed by atoms with Crippen molar-refractivity contribution in [1.82, 2.24) is 15.5 Å². The molecule has 0 amide bonds. The van der Waals surface area contributed by atoms with Crippen LogP contribution in [0.2, 0.25) is 0 Å². The molecular formula is C13H17N3O2S. The predicted molar refractivity (Wildman–Crippen MR) is 73.7 cm³/mol. The number of aromatic nitrogens is 2. The van der Waals surface area contributed by atoms with Gasteiger partial charge in [-0.1, -0.05) is 6.07 Å². The van der Waals surface area contributed by atoms with Gasteiger partial charge in [-0.2, -0.15) is 10.2 Å². The molecule has 0 spiro atoms. The SMILES string of the molecule is OC(CNCc1cccnn1)COCc1cccs1. The van der Waals surface area contributed by atoms with Crippen molar-refractivity contribution in [2.45, 2.75) is 19.3 Å². The van der Waals surface area contributed by atoms with Crippen LogP contribution in [0.3, 0.4) is 0 Å². The van der Waals surface area contributed by atoms with Gasteiger partial charge >= 0.3 is 0 Å². The van der Waals surface area contributed by atoms with Gasteiger partial charge in [-0.3, -0.25) is 0 Å².